The number of halogens is 1. The summed E-state index contributed by atoms with van der Waals surface area (Å²) in [4.78, 5) is 26.6. The first kappa shape index (κ1) is 16.5. The molecule has 0 atom stereocenters. The number of amides is 1. The largest absolute Gasteiger partial charge is 0.508 e. The molecule has 2 heterocycles. The minimum Gasteiger partial charge on any atom is -0.508 e. The first-order valence-corrected chi connectivity index (χ1v) is 8.35. The van der Waals surface area contributed by atoms with E-state index in [2.05, 4.69) is 0 Å². The quantitative estimate of drug-likeness (QED) is 0.712. The SMILES string of the molecule is COC(=O)c1c(Cl)cc2c3c1ccn3C(=O)N(Cc1cccc(O)c1)C2. The molecule has 0 unspecified atom stereocenters. The van der Waals surface area contributed by atoms with Gasteiger partial charge in [-0.05, 0) is 35.4 Å². The van der Waals surface area contributed by atoms with E-state index in [9.17, 15) is 14.7 Å². The summed E-state index contributed by atoms with van der Waals surface area (Å²) < 4.78 is 6.33. The van der Waals surface area contributed by atoms with Crippen LogP contribution in [-0.4, -0.2) is 33.7 Å². The van der Waals surface area contributed by atoms with Gasteiger partial charge in [-0.1, -0.05) is 23.7 Å². The highest BCUT2D eigenvalue weighted by Gasteiger charge is 2.29. The van der Waals surface area contributed by atoms with E-state index in [1.165, 1.54) is 11.7 Å². The molecule has 0 fully saturated rings. The smallest absolute Gasteiger partial charge is 0.340 e. The predicted octanol–water partition coefficient (Wildman–Crippen LogP) is 3.77. The fourth-order valence-electron chi connectivity index (χ4n) is 3.40. The van der Waals surface area contributed by atoms with Crippen molar-refractivity contribution in [3.63, 3.8) is 0 Å². The third-order valence-corrected chi connectivity index (χ3v) is 4.81. The number of phenols is 1. The molecule has 1 N–H and O–H groups in total. The van der Waals surface area contributed by atoms with Gasteiger partial charge in [0, 0.05) is 24.7 Å². The molecule has 26 heavy (non-hydrogen) atoms. The lowest BCUT2D eigenvalue weighted by Crippen LogP contribution is -2.37. The Labute approximate surface area is 154 Å². The number of esters is 1. The summed E-state index contributed by atoms with van der Waals surface area (Å²) >= 11 is 6.31. The van der Waals surface area contributed by atoms with Crippen molar-refractivity contribution in [3.8, 4) is 5.75 Å². The van der Waals surface area contributed by atoms with E-state index in [0.29, 0.717) is 29.0 Å². The molecule has 4 rings (SSSR count). The first-order valence-electron chi connectivity index (χ1n) is 7.97. The van der Waals surface area contributed by atoms with Gasteiger partial charge < -0.3 is 14.7 Å². The molecule has 6 nitrogen and oxygen atoms in total. The average Bonchev–Trinajstić information content (AvgIpc) is 3.04. The second kappa shape index (κ2) is 6.07. The van der Waals surface area contributed by atoms with E-state index in [1.54, 1.807) is 41.4 Å². The summed E-state index contributed by atoms with van der Waals surface area (Å²) in [5, 5.41) is 10.5. The first-order chi connectivity index (χ1) is 12.5. The Morgan fingerprint density at radius 3 is 2.85 bits per heavy atom. The van der Waals surface area contributed by atoms with E-state index in [-0.39, 0.29) is 17.3 Å². The number of hydrogen-bond acceptors (Lipinski definition) is 4. The number of rotatable bonds is 3. The van der Waals surface area contributed by atoms with Crippen molar-refractivity contribution in [2.45, 2.75) is 13.1 Å². The van der Waals surface area contributed by atoms with Gasteiger partial charge in [0.05, 0.1) is 23.2 Å². The molecule has 0 aliphatic carbocycles. The van der Waals surface area contributed by atoms with Gasteiger partial charge in [-0.3, -0.25) is 4.57 Å². The van der Waals surface area contributed by atoms with Crippen LogP contribution in [0.5, 0.6) is 5.75 Å². The summed E-state index contributed by atoms with van der Waals surface area (Å²) in [6, 6.07) is 10.00. The van der Waals surface area contributed by atoms with Crippen LogP contribution in [0.4, 0.5) is 4.79 Å². The fraction of sp³-hybridized carbons (Fsp3) is 0.158. The second-order valence-electron chi connectivity index (χ2n) is 6.14. The van der Waals surface area contributed by atoms with Gasteiger partial charge in [0.15, 0.2) is 0 Å². The summed E-state index contributed by atoms with van der Waals surface area (Å²) in [6.45, 7) is 0.707. The third-order valence-electron chi connectivity index (χ3n) is 4.51. The molecular weight excluding hydrogens is 356 g/mol. The zero-order valence-corrected chi connectivity index (χ0v) is 14.7. The van der Waals surface area contributed by atoms with Crippen LogP contribution in [0.25, 0.3) is 10.9 Å². The topological polar surface area (TPSA) is 71.8 Å². The maximum absolute atomic E-state index is 12.9. The maximum Gasteiger partial charge on any atom is 0.340 e. The van der Waals surface area contributed by atoms with Gasteiger partial charge in [-0.2, -0.15) is 0 Å². The second-order valence-corrected chi connectivity index (χ2v) is 6.55. The van der Waals surface area contributed by atoms with Crippen LogP contribution >= 0.6 is 11.6 Å². The van der Waals surface area contributed by atoms with Gasteiger partial charge in [-0.15, -0.1) is 0 Å². The van der Waals surface area contributed by atoms with E-state index >= 15 is 0 Å². The molecule has 1 aromatic heterocycles. The van der Waals surface area contributed by atoms with Crippen molar-refractivity contribution in [2.75, 3.05) is 7.11 Å². The molecular formula is C19H15ClN2O4. The van der Waals surface area contributed by atoms with E-state index < -0.39 is 5.97 Å². The summed E-state index contributed by atoms with van der Waals surface area (Å²) in [6.07, 6.45) is 1.63. The van der Waals surface area contributed by atoms with Gasteiger partial charge in [0.25, 0.3) is 0 Å². The number of nitrogens with zero attached hydrogens (tertiary/aromatic N) is 2. The van der Waals surface area contributed by atoms with E-state index in [4.69, 9.17) is 16.3 Å². The van der Waals surface area contributed by atoms with Crippen molar-refractivity contribution in [3.05, 3.63) is 64.3 Å². The Kier molecular flexibility index (Phi) is 3.85. The monoisotopic (exact) mass is 370 g/mol. The number of methoxy groups -OCH3 is 1. The van der Waals surface area contributed by atoms with Crippen LogP contribution < -0.4 is 0 Å². The molecule has 132 valence electrons. The molecule has 0 saturated carbocycles. The lowest BCUT2D eigenvalue weighted by Gasteiger charge is -2.29. The zero-order valence-electron chi connectivity index (χ0n) is 13.9. The van der Waals surface area contributed by atoms with Crippen molar-refractivity contribution < 1.29 is 19.4 Å². The molecule has 0 saturated heterocycles. The number of aromatic hydroxyl groups is 1. The van der Waals surface area contributed by atoms with Crippen LogP contribution in [0.15, 0.2) is 42.6 Å². The zero-order chi connectivity index (χ0) is 18.4. The highest BCUT2D eigenvalue weighted by Crippen LogP contribution is 2.35. The van der Waals surface area contributed by atoms with Crippen molar-refractivity contribution in [1.29, 1.82) is 0 Å². The number of carbonyl (C=O) groups is 2. The number of phenolic OH excluding ortho intramolecular Hbond substituents is 1. The fourth-order valence-corrected chi connectivity index (χ4v) is 3.71. The van der Waals surface area contributed by atoms with Crippen molar-refractivity contribution in [2.24, 2.45) is 0 Å². The van der Waals surface area contributed by atoms with Gasteiger partial charge in [0.1, 0.15) is 5.75 Å². The molecule has 1 aliphatic heterocycles. The van der Waals surface area contributed by atoms with Crippen molar-refractivity contribution >= 4 is 34.5 Å². The average molecular weight is 371 g/mol. The van der Waals surface area contributed by atoms with Crippen LogP contribution in [0, 0.1) is 0 Å². The minimum atomic E-state index is -0.533. The predicted molar refractivity (Wildman–Crippen MR) is 96.4 cm³/mol. The van der Waals surface area contributed by atoms with Gasteiger partial charge >= 0.3 is 12.0 Å². The summed E-state index contributed by atoms with van der Waals surface area (Å²) in [7, 11) is 1.30. The Balaban J connectivity index is 1.78. The molecule has 3 aromatic rings. The molecule has 1 aliphatic rings. The summed E-state index contributed by atoms with van der Waals surface area (Å²) in [5.74, 6) is -0.379. The number of benzene rings is 2. The van der Waals surface area contributed by atoms with Crippen molar-refractivity contribution in [1.82, 2.24) is 9.47 Å². The van der Waals surface area contributed by atoms with Crippen LogP contribution in [0.2, 0.25) is 5.02 Å². The standard InChI is InChI=1S/C19H15ClN2O4/c1-26-18(24)16-14-5-6-22-17(14)12(8-15(16)20)10-21(19(22)25)9-11-3-2-4-13(23)7-11/h2-8,23H,9-10H2,1H3. The number of hydrogen-bond donors (Lipinski definition) is 1. The highest BCUT2D eigenvalue weighted by atomic mass is 35.5. The Bertz CT molecular complexity index is 1060. The van der Waals surface area contributed by atoms with E-state index in [1.807, 2.05) is 6.07 Å². The Hall–Kier alpha value is -2.99. The highest BCUT2D eigenvalue weighted by molar-refractivity contribution is 6.35. The number of ether oxygens (including phenoxy) is 1. The lowest BCUT2D eigenvalue weighted by atomic mass is 10.0. The lowest BCUT2D eigenvalue weighted by molar-refractivity contribution is 0.0603. The Morgan fingerprint density at radius 2 is 2.12 bits per heavy atom. The number of carbonyl (C=O) groups excluding carboxylic acids is 2. The normalized spacial score (nSPS) is 13.3. The van der Waals surface area contributed by atoms with Crippen LogP contribution in [0.3, 0.4) is 0 Å². The molecule has 0 spiro atoms. The van der Waals surface area contributed by atoms with Gasteiger partial charge in [-0.25, -0.2) is 9.59 Å². The minimum absolute atomic E-state index is 0.154. The molecule has 1 amide bonds. The van der Waals surface area contributed by atoms with Gasteiger partial charge in [0.2, 0.25) is 0 Å². The maximum atomic E-state index is 12.9. The van der Waals surface area contributed by atoms with E-state index in [0.717, 1.165) is 11.1 Å². The molecule has 0 bridgehead atoms. The van der Waals surface area contributed by atoms with Crippen LogP contribution in [-0.2, 0) is 17.8 Å². The third kappa shape index (κ3) is 2.50. The van der Waals surface area contributed by atoms with Crippen LogP contribution in [0.1, 0.15) is 21.5 Å². The summed E-state index contributed by atoms with van der Waals surface area (Å²) in [5.41, 5.74) is 2.61. The number of aromatic nitrogens is 1. The Morgan fingerprint density at radius 1 is 1.31 bits per heavy atom. The molecule has 2 aromatic carbocycles. The molecule has 7 heteroatoms. The molecule has 0 radical (unpaired) electrons.